The summed E-state index contributed by atoms with van der Waals surface area (Å²) in [6.07, 6.45) is 0. The number of Topliss-reactive ketones (excluding diaryl/α,β-unsaturated/α-hetero) is 1. The Morgan fingerprint density at radius 3 is 2.51 bits per heavy atom. The maximum absolute atomic E-state index is 13.8. The molecule has 1 aliphatic heterocycles. The van der Waals surface area contributed by atoms with E-state index < -0.39 is 23.5 Å². The number of carbonyl (C=O) groups is 2. The fourth-order valence-electron chi connectivity index (χ4n) is 4.42. The number of aryl methyl sites for hydroxylation is 3. The van der Waals surface area contributed by atoms with Gasteiger partial charge in [-0.05, 0) is 62.2 Å². The Balaban J connectivity index is 1.68. The topological polar surface area (TPSA) is 93.1 Å². The van der Waals surface area contributed by atoms with Crippen LogP contribution in [0.25, 0.3) is 11.0 Å². The van der Waals surface area contributed by atoms with Crippen LogP contribution < -0.4 is 9.64 Å². The molecule has 0 bridgehead atoms. The number of furan rings is 2. The minimum absolute atomic E-state index is 0.0639. The predicted octanol–water partition coefficient (Wildman–Crippen LogP) is 6.40. The molecule has 1 unspecified atom stereocenters. The number of amides is 1. The van der Waals surface area contributed by atoms with Crippen molar-refractivity contribution in [3.8, 4) is 5.75 Å². The Kier molecular flexibility index (Phi) is 5.44. The number of rotatable bonds is 5. The van der Waals surface area contributed by atoms with E-state index in [-0.39, 0.29) is 11.3 Å². The van der Waals surface area contributed by atoms with Crippen LogP contribution in [0.3, 0.4) is 0 Å². The van der Waals surface area contributed by atoms with E-state index in [4.69, 9.17) is 25.2 Å². The number of fused-ring (bicyclic) bond motifs is 1. The summed E-state index contributed by atoms with van der Waals surface area (Å²) in [5.74, 6) is -0.737. The number of aliphatic hydroxyl groups is 1. The van der Waals surface area contributed by atoms with E-state index in [1.165, 1.54) is 18.1 Å². The van der Waals surface area contributed by atoms with Gasteiger partial charge in [0.05, 0.1) is 12.7 Å². The molecular formula is C27H22ClNO6. The molecule has 0 spiro atoms. The molecule has 2 aromatic carbocycles. The molecule has 1 amide bonds. The van der Waals surface area contributed by atoms with E-state index in [9.17, 15) is 14.7 Å². The molecule has 3 heterocycles. The van der Waals surface area contributed by atoms with Gasteiger partial charge >= 0.3 is 0 Å². The molecule has 0 fully saturated rings. The Morgan fingerprint density at radius 2 is 1.83 bits per heavy atom. The maximum Gasteiger partial charge on any atom is 0.294 e. The van der Waals surface area contributed by atoms with Crippen LogP contribution in [0.5, 0.6) is 5.75 Å². The van der Waals surface area contributed by atoms with Gasteiger partial charge in [-0.25, -0.2) is 0 Å². The molecule has 178 valence electrons. The fourth-order valence-corrected chi connectivity index (χ4v) is 4.63. The van der Waals surface area contributed by atoms with E-state index in [1.807, 2.05) is 32.0 Å². The van der Waals surface area contributed by atoms with Gasteiger partial charge in [0.15, 0.2) is 22.9 Å². The summed E-state index contributed by atoms with van der Waals surface area (Å²) in [4.78, 5) is 28.5. The second-order valence-electron chi connectivity index (χ2n) is 8.54. The first-order chi connectivity index (χ1) is 16.7. The number of halogens is 1. The zero-order valence-corrected chi connectivity index (χ0v) is 20.3. The number of hydrogen-bond acceptors (Lipinski definition) is 6. The first kappa shape index (κ1) is 22.8. The highest BCUT2D eigenvalue weighted by Crippen LogP contribution is 2.44. The SMILES string of the molecule is COc1cc(Cl)cc2cc(C(=O)C3=C(O)C(=O)N(c4cc(C)ccc4C)C3c3ccc(C)o3)oc12. The van der Waals surface area contributed by atoms with Gasteiger partial charge in [0, 0.05) is 22.2 Å². The van der Waals surface area contributed by atoms with E-state index >= 15 is 0 Å². The van der Waals surface area contributed by atoms with Crippen LogP contribution in [0, 0.1) is 20.8 Å². The third-order valence-electron chi connectivity index (χ3n) is 6.10. The van der Waals surface area contributed by atoms with Crippen molar-refractivity contribution in [2.45, 2.75) is 26.8 Å². The summed E-state index contributed by atoms with van der Waals surface area (Å²) in [6.45, 7) is 5.53. The average molecular weight is 492 g/mol. The van der Waals surface area contributed by atoms with Crippen LogP contribution in [-0.2, 0) is 4.79 Å². The standard InChI is InChI=1S/C27H22ClNO6/c1-13-5-6-14(2)18(9-13)29-23(19-8-7-15(3)34-19)22(25(31)27(29)32)24(30)20-11-16-10-17(28)12-21(33-4)26(16)35-20/h5-12,23,31H,1-4H3. The minimum Gasteiger partial charge on any atom is -0.503 e. The highest BCUT2D eigenvalue weighted by molar-refractivity contribution is 6.31. The molecule has 0 aliphatic carbocycles. The van der Waals surface area contributed by atoms with Crippen LogP contribution in [0.2, 0.25) is 5.02 Å². The van der Waals surface area contributed by atoms with Crippen molar-refractivity contribution < 1.29 is 28.3 Å². The number of hydrogen-bond donors (Lipinski definition) is 1. The van der Waals surface area contributed by atoms with Crippen molar-refractivity contribution in [3.05, 3.63) is 93.3 Å². The van der Waals surface area contributed by atoms with E-state index in [0.29, 0.717) is 38.9 Å². The van der Waals surface area contributed by atoms with Crippen molar-refractivity contribution in [1.82, 2.24) is 0 Å². The van der Waals surface area contributed by atoms with E-state index in [0.717, 1.165) is 11.1 Å². The number of ether oxygens (including phenoxy) is 1. The molecule has 1 N–H and O–H groups in total. The smallest absolute Gasteiger partial charge is 0.294 e. The lowest BCUT2D eigenvalue weighted by Crippen LogP contribution is -2.31. The van der Waals surface area contributed by atoms with Gasteiger partial charge in [-0.2, -0.15) is 0 Å². The second-order valence-corrected chi connectivity index (χ2v) is 8.98. The molecule has 8 heteroatoms. The van der Waals surface area contributed by atoms with E-state index in [2.05, 4.69) is 0 Å². The zero-order valence-electron chi connectivity index (χ0n) is 19.5. The number of carbonyl (C=O) groups excluding carboxylic acids is 2. The largest absolute Gasteiger partial charge is 0.503 e. The quantitative estimate of drug-likeness (QED) is 0.325. The number of aliphatic hydroxyl groups excluding tert-OH is 1. The van der Waals surface area contributed by atoms with Crippen molar-refractivity contribution in [1.29, 1.82) is 0 Å². The Labute approximate surface area is 206 Å². The fraction of sp³-hybridized carbons (Fsp3) is 0.185. The molecule has 35 heavy (non-hydrogen) atoms. The lowest BCUT2D eigenvalue weighted by molar-refractivity contribution is -0.117. The van der Waals surface area contributed by atoms with Crippen LogP contribution in [0.4, 0.5) is 5.69 Å². The number of methoxy groups -OCH3 is 1. The average Bonchev–Trinajstić information content (AvgIpc) is 3.51. The molecule has 4 aromatic rings. The summed E-state index contributed by atoms with van der Waals surface area (Å²) in [7, 11) is 1.47. The summed E-state index contributed by atoms with van der Waals surface area (Å²) in [5.41, 5.74) is 2.51. The highest BCUT2D eigenvalue weighted by Gasteiger charge is 2.47. The molecule has 7 nitrogen and oxygen atoms in total. The third kappa shape index (κ3) is 3.68. The summed E-state index contributed by atoms with van der Waals surface area (Å²) < 4.78 is 17.0. The molecule has 0 radical (unpaired) electrons. The molecule has 0 saturated heterocycles. The number of nitrogens with zero attached hydrogens (tertiary/aromatic N) is 1. The lowest BCUT2D eigenvalue weighted by atomic mass is 9.98. The first-order valence-corrected chi connectivity index (χ1v) is 11.3. The second kappa shape index (κ2) is 8.36. The summed E-state index contributed by atoms with van der Waals surface area (Å²) in [5, 5.41) is 11.9. The van der Waals surface area contributed by atoms with Crippen molar-refractivity contribution in [3.63, 3.8) is 0 Å². The summed E-state index contributed by atoms with van der Waals surface area (Å²) >= 11 is 6.16. The zero-order chi connectivity index (χ0) is 25.0. The highest BCUT2D eigenvalue weighted by atomic mass is 35.5. The lowest BCUT2D eigenvalue weighted by Gasteiger charge is -2.26. The number of benzene rings is 2. The van der Waals surface area contributed by atoms with Crippen LogP contribution in [0.15, 0.2) is 68.7 Å². The Bertz CT molecular complexity index is 1540. The van der Waals surface area contributed by atoms with Crippen molar-refractivity contribution in [2.24, 2.45) is 0 Å². The van der Waals surface area contributed by atoms with Crippen LogP contribution in [0.1, 0.15) is 39.2 Å². The summed E-state index contributed by atoms with van der Waals surface area (Å²) in [6, 6.07) is 12.8. The number of anilines is 1. The predicted molar refractivity (Wildman–Crippen MR) is 131 cm³/mol. The monoisotopic (exact) mass is 491 g/mol. The van der Waals surface area contributed by atoms with Crippen molar-refractivity contribution in [2.75, 3.05) is 12.0 Å². The van der Waals surface area contributed by atoms with Crippen LogP contribution in [-0.4, -0.2) is 23.9 Å². The van der Waals surface area contributed by atoms with E-state index in [1.54, 1.807) is 31.2 Å². The normalized spacial score (nSPS) is 16.0. The van der Waals surface area contributed by atoms with Gasteiger partial charge < -0.3 is 18.7 Å². The molecular weight excluding hydrogens is 470 g/mol. The van der Waals surface area contributed by atoms with Crippen molar-refractivity contribution >= 4 is 39.9 Å². The Morgan fingerprint density at radius 1 is 1.06 bits per heavy atom. The van der Waals surface area contributed by atoms with Gasteiger partial charge in [-0.1, -0.05) is 23.7 Å². The van der Waals surface area contributed by atoms with Gasteiger partial charge in [0.1, 0.15) is 17.6 Å². The molecule has 5 rings (SSSR count). The molecule has 0 saturated carbocycles. The molecule has 1 aliphatic rings. The number of ketones is 1. The van der Waals surface area contributed by atoms with Gasteiger partial charge in [0.25, 0.3) is 5.91 Å². The molecule has 2 aromatic heterocycles. The minimum atomic E-state index is -0.983. The van der Waals surface area contributed by atoms with Gasteiger partial charge in [-0.3, -0.25) is 14.5 Å². The van der Waals surface area contributed by atoms with Gasteiger partial charge in [0.2, 0.25) is 5.78 Å². The first-order valence-electron chi connectivity index (χ1n) is 10.9. The Hall–Kier alpha value is -3.97. The third-order valence-corrected chi connectivity index (χ3v) is 6.32. The van der Waals surface area contributed by atoms with Gasteiger partial charge in [-0.15, -0.1) is 0 Å². The van der Waals surface area contributed by atoms with Crippen LogP contribution >= 0.6 is 11.6 Å². The maximum atomic E-state index is 13.8. The molecule has 1 atom stereocenters.